The normalized spacial score (nSPS) is 19.9. The van der Waals surface area contributed by atoms with Gasteiger partial charge in [-0.15, -0.1) is 0 Å². The fraction of sp³-hybridized carbons (Fsp3) is 0.571. The molecular weight excluding hydrogens is 317 g/mol. The summed E-state index contributed by atoms with van der Waals surface area (Å²) in [7, 11) is -2.91. The van der Waals surface area contributed by atoms with E-state index in [4.69, 9.17) is 23.2 Å². The molecule has 0 saturated heterocycles. The van der Waals surface area contributed by atoms with E-state index >= 15 is 0 Å². The number of hydrogen-bond donors (Lipinski definition) is 1. The molecule has 1 aliphatic rings. The molecule has 0 unspecified atom stereocenters. The first-order valence-electron chi connectivity index (χ1n) is 6.68. The van der Waals surface area contributed by atoms with Gasteiger partial charge in [0.05, 0.1) is 5.75 Å². The minimum atomic E-state index is -2.91. The quantitative estimate of drug-likeness (QED) is 0.896. The van der Waals surface area contributed by atoms with E-state index in [-0.39, 0.29) is 17.8 Å². The third kappa shape index (κ3) is 4.10. The molecule has 1 aromatic carbocycles. The van der Waals surface area contributed by atoms with Crippen molar-refractivity contribution in [3.8, 4) is 0 Å². The summed E-state index contributed by atoms with van der Waals surface area (Å²) in [6.07, 6.45) is 3.80. The molecule has 6 heteroatoms. The molecular formula is C14H19Cl2NO2S. The Morgan fingerprint density at radius 1 is 1.40 bits per heavy atom. The van der Waals surface area contributed by atoms with Crippen molar-refractivity contribution in [2.45, 2.75) is 38.3 Å². The Hall–Kier alpha value is -0.290. The Bertz CT molecular complexity index is 601. The van der Waals surface area contributed by atoms with E-state index < -0.39 is 9.84 Å². The first kappa shape index (κ1) is 16.1. The highest BCUT2D eigenvalue weighted by molar-refractivity contribution is 7.90. The van der Waals surface area contributed by atoms with Gasteiger partial charge in [0.15, 0.2) is 0 Å². The summed E-state index contributed by atoms with van der Waals surface area (Å²) in [6, 6.07) is 4.05. The fourth-order valence-electron chi connectivity index (χ4n) is 2.66. The second-order valence-electron chi connectivity index (χ2n) is 5.54. The van der Waals surface area contributed by atoms with Gasteiger partial charge in [-0.2, -0.15) is 0 Å². The van der Waals surface area contributed by atoms with Gasteiger partial charge in [-0.05, 0) is 49.4 Å². The van der Waals surface area contributed by atoms with Crippen LogP contribution in [0.1, 0.15) is 36.9 Å². The Labute approximate surface area is 130 Å². The maximum atomic E-state index is 11.2. The highest BCUT2D eigenvalue weighted by atomic mass is 35.5. The fourth-order valence-corrected chi connectivity index (χ4v) is 4.11. The van der Waals surface area contributed by atoms with Crippen LogP contribution in [0, 0.1) is 0 Å². The summed E-state index contributed by atoms with van der Waals surface area (Å²) < 4.78 is 22.4. The lowest BCUT2D eigenvalue weighted by atomic mass is 10.1. The SMILES string of the molecule is C[C@H](CCS(C)(=O)=O)N[C@H]1CCc2cc(Cl)cc(Cl)c21. The molecule has 0 bridgehead atoms. The van der Waals surface area contributed by atoms with Crippen LogP contribution in [-0.4, -0.2) is 26.5 Å². The average molecular weight is 336 g/mol. The molecule has 0 saturated carbocycles. The van der Waals surface area contributed by atoms with Gasteiger partial charge in [0, 0.05) is 28.4 Å². The summed E-state index contributed by atoms with van der Waals surface area (Å²) >= 11 is 12.3. The van der Waals surface area contributed by atoms with Gasteiger partial charge in [-0.1, -0.05) is 23.2 Å². The molecule has 0 aromatic heterocycles. The van der Waals surface area contributed by atoms with Gasteiger partial charge in [0.1, 0.15) is 9.84 Å². The summed E-state index contributed by atoms with van der Waals surface area (Å²) in [4.78, 5) is 0. The molecule has 2 rings (SSSR count). The molecule has 112 valence electrons. The minimum Gasteiger partial charge on any atom is -0.307 e. The van der Waals surface area contributed by atoms with Crippen molar-refractivity contribution in [2.24, 2.45) is 0 Å². The number of rotatable bonds is 5. The second-order valence-corrected chi connectivity index (χ2v) is 8.64. The lowest BCUT2D eigenvalue weighted by Gasteiger charge is -2.21. The summed E-state index contributed by atoms with van der Waals surface area (Å²) in [5.41, 5.74) is 2.30. The molecule has 1 aromatic rings. The predicted molar refractivity (Wildman–Crippen MR) is 84.4 cm³/mol. The van der Waals surface area contributed by atoms with Crippen molar-refractivity contribution >= 4 is 33.0 Å². The highest BCUT2D eigenvalue weighted by Gasteiger charge is 2.26. The minimum absolute atomic E-state index is 0.132. The zero-order chi connectivity index (χ0) is 14.9. The van der Waals surface area contributed by atoms with E-state index in [0.717, 1.165) is 18.4 Å². The van der Waals surface area contributed by atoms with Crippen molar-refractivity contribution in [2.75, 3.05) is 12.0 Å². The van der Waals surface area contributed by atoms with Crippen LogP contribution in [0.4, 0.5) is 0 Å². The van der Waals surface area contributed by atoms with E-state index in [1.807, 2.05) is 13.0 Å². The molecule has 2 atom stereocenters. The average Bonchev–Trinajstić information content (AvgIpc) is 2.68. The van der Waals surface area contributed by atoms with E-state index in [1.165, 1.54) is 11.8 Å². The number of fused-ring (bicyclic) bond motifs is 1. The molecule has 0 fully saturated rings. The molecule has 0 spiro atoms. The van der Waals surface area contributed by atoms with Crippen LogP contribution < -0.4 is 5.32 Å². The smallest absolute Gasteiger partial charge is 0.147 e. The monoisotopic (exact) mass is 335 g/mol. The lowest BCUT2D eigenvalue weighted by Crippen LogP contribution is -2.31. The first-order chi connectivity index (χ1) is 9.26. The molecule has 0 aliphatic heterocycles. The van der Waals surface area contributed by atoms with E-state index in [9.17, 15) is 8.42 Å². The molecule has 20 heavy (non-hydrogen) atoms. The number of nitrogens with one attached hydrogen (secondary N) is 1. The van der Waals surface area contributed by atoms with Gasteiger partial charge < -0.3 is 5.32 Å². The maximum Gasteiger partial charge on any atom is 0.147 e. The molecule has 0 radical (unpaired) electrons. The Morgan fingerprint density at radius 3 is 2.75 bits per heavy atom. The van der Waals surface area contributed by atoms with Crippen LogP contribution in [0.3, 0.4) is 0 Å². The van der Waals surface area contributed by atoms with Crippen LogP contribution >= 0.6 is 23.2 Å². The van der Waals surface area contributed by atoms with Crippen molar-refractivity contribution in [3.05, 3.63) is 33.3 Å². The Morgan fingerprint density at radius 2 is 2.10 bits per heavy atom. The van der Waals surface area contributed by atoms with E-state index in [2.05, 4.69) is 5.32 Å². The van der Waals surface area contributed by atoms with Crippen LogP contribution in [0.2, 0.25) is 10.0 Å². The molecule has 3 nitrogen and oxygen atoms in total. The van der Waals surface area contributed by atoms with E-state index in [1.54, 1.807) is 6.07 Å². The number of sulfone groups is 1. The maximum absolute atomic E-state index is 11.2. The van der Waals surface area contributed by atoms with Crippen LogP contribution in [0.5, 0.6) is 0 Å². The first-order valence-corrected chi connectivity index (χ1v) is 9.49. The largest absolute Gasteiger partial charge is 0.307 e. The number of halogens is 2. The van der Waals surface area contributed by atoms with E-state index in [0.29, 0.717) is 16.5 Å². The van der Waals surface area contributed by atoms with Gasteiger partial charge in [-0.25, -0.2) is 8.42 Å². The topological polar surface area (TPSA) is 46.2 Å². The van der Waals surface area contributed by atoms with Gasteiger partial charge in [0.25, 0.3) is 0 Å². The lowest BCUT2D eigenvalue weighted by molar-refractivity contribution is 0.444. The van der Waals surface area contributed by atoms with Crippen LogP contribution in [0.25, 0.3) is 0 Å². The van der Waals surface area contributed by atoms with Crippen molar-refractivity contribution in [1.82, 2.24) is 5.32 Å². The summed E-state index contributed by atoms with van der Waals surface area (Å²) in [5.74, 6) is 0.203. The van der Waals surface area contributed by atoms with Gasteiger partial charge in [0.2, 0.25) is 0 Å². The number of benzene rings is 1. The predicted octanol–water partition coefficient (Wildman–Crippen LogP) is 3.39. The van der Waals surface area contributed by atoms with Gasteiger partial charge in [-0.3, -0.25) is 0 Å². The highest BCUT2D eigenvalue weighted by Crippen LogP contribution is 2.38. The zero-order valence-corrected chi connectivity index (χ0v) is 13.9. The van der Waals surface area contributed by atoms with Crippen molar-refractivity contribution < 1.29 is 8.42 Å². The molecule has 0 amide bonds. The third-order valence-corrected chi connectivity index (χ3v) is 5.15. The zero-order valence-electron chi connectivity index (χ0n) is 11.6. The van der Waals surface area contributed by atoms with Crippen LogP contribution in [0.15, 0.2) is 12.1 Å². The molecule has 0 heterocycles. The third-order valence-electron chi connectivity index (χ3n) is 3.64. The van der Waals surface area contributed by atoms with Crippen LogP contribution in [-0.2, 0) is 16.3 Å². The Kier molecular flexibility index (Phi) is 5.00. The van der Waals surface area contributed by atoms with Crippen molar-refractivity contribution in [3.63, 3.8) is 0 Å². The Balaban J connectivity index is 2.04. The second kappa shape index (κ2) is 6.22. The summed E-state index contributed by atoms with van der Waals surface area (Å²) in [6.45, 7) is 2.01. The standard InChI is InChI=1S/C14H19Cl2NO2S/c1-9(5-6-20(2,18)19)17-13-4-3-10-7-11(15)8-12(16)14(10)13/h7-9,13,17H,3-6H2,1-2H3/t9-,13+/m1/s1. The molecule has 1 aliphatic carbocycles. The van der Waals surface area contributed by atoms with Gasteiger partial charge >= 0.3 is 0 Å². The number of aryl methyl sites for hydroxylation is 1. The number of hydrogen-bond acceptors (Lipinski definition) is 3. The molecule has 1 N–H and O–H groups in total. The summed E-state index contributed by atoms with van der Waals surface area (Å²) in [5, 5.41) is 4.83. The van der Waals surface area contributed by atoms with Crippen molar-refractivity contribution in [1.29, 1.82) is 0 Å².